The number of benzene rings is 1. The van der Waals surface area contributed by atoms with Crippen molar-refractivity contribution in [1.29, 1.82) is 0 Å². The lowest BCUT2D eigenvalue weighted by molar-refractivity contribution is 0.185. The van der Waals surface area contributed by atoms with Crippen LogP contribution in [0.2, 0.25) is 0 Å². The first-order valence-electron chi connectivity index (χ1n) is 8.16. The van der Waals surface area contributed by atoms with E-state index in [-0.39, 0.29) is 0 Å². The number of hydrogen-bond donors (Lipinski definition) is 1. The van der Waals surface area contributed by atoms with E-state index >= 15 is 0 Å². The lowest BCUT2D eigenvalue weighted by Crippen LogP contribution is -2.36. The van der Waals surface area contributed by atoms with Crippen LogP contribution in [0, 0.1) is 5.41 Å². The van der Waals surface area contributed by atoms with Gasteiger partial charge in [-0.3, -0.25) is 0 Å². The number of ether oxygens (including phenoxy) is 2. The molecule has 3 heteroatoms. The first-order valence-corrected chi connectivity index (χ1v) is 8.16. The van der Waals surface area contributed by atoms with Gasteiger partial charge in [0, 0.05) is 17.7 Å². The van der Waals surface area contributed by atoms with E-state index in [0.717, 1.165) is 18.0 Å². The molecule has 1 aliphatic carbocycles. The van der Waals surface area contributed by atoms with Crippen LogP contribution in [0.1, 0.15) is 57.6 Å². The number of hydrogen-bond acceptors (Lipinski definition) is 3. The molecule has 1 aliphatic rings. The third kappa shape index (κ3) is 3.18. The van der Waals surface area contributed by atoms with Gasteiger partial charge in [0.15, 0.2) is 0 Å². The summed E-state index contributed by atoms with van der Waals surface area (Å²) in [4.78, 5) is 0. The summed E-state index contributed by atoms with van der Waals surface area (Å²) in [5.41, 5.74) is 1.63. The van der Waals surface area contributed by atoms with Gasteiger partial charge >= 0.3 is 0 Å². The van der Waals surface area contributed by atoms with Crippen LogP contribution < -0.4 is 14.8 Å². The Labute approximate surface area is 129 Å². The van der Waals surface area contributed by atoms with Gasteiger partial charge in [-0.2, -0.15) is 0 Å². The summed E-state index contributed by atoms with van der Waals surface area (Å²) in [6.45, 7) is 5.48. The Morgan fingerprint density at radius 2 is 1.86 bits per heavy atom. The van der Waals surface area contributed by atoms with E-state index in [0.29, 0.717) is 11.5 Å². The fourth-order valence-electron chi connectivity index (χ4n) is 3.84. The SMILES string of the molecule is CCNC(c1ccc(OC)cc1OC)C1(CC)CCCC1. The Hall–Kier alpha value is -1.22. The van der Waals surface area contributed by atoms with Crippen LogP contribution in [0.15, 0.2) is 18.2 Å². The van der Waals surface area contributed by atoms with E-state index in [4.69, 9.17) is 9.47 Å². The molecule has 0 aliphatic heterocycles. The molecular weight excluding hydrogens is 262 g/mol. The molecule has 1 aromatic rings. The zero-order chi connectivity index (χ0) is 15.3. The van der Waals surface area contributed by atoms with Gasteiger partial charge in [0.2, 0.25) is 0 Å². The van der Waals surface area contributed by atoms with Crippen molar-refractivity contribution >= 4 is 0 Å². The van der Waals surface area contributed by atoms with Gasteiger partial charge in [0.25, 0.3) is 0 Å². The summed E-state index contributed by atoms with van der Waals surface area (Å²) in [6, 6.07) is 6.56. The molecule has 0 spiro atoms. The van der Waals surface area contributed by atoms with Gasteiger partial charge < -0.3 is 14.8 Å². The minimum absolute atomic E-state index is 0.357. The van der Waals surface area contributed by atoms with E-state index in [9.17, 15) is 0 Å². The van der Waals surface area contributed by atoms with Crippen molar-refractivity contribution in [2.24, 2.45) is 5.41 Å². The molecule has 1 aromatic carbocycles. The molecule has 118 valence electrons. The highest BCUT2D eigenvalue weighted by atomic mass is 16.5. The molecule has 0 amide bonds. The molecule has 1 N–H and O–H groups in total. The monoisotopic (exact) mass is 291 g/mol. The molecular formula is C18H29NO2. The molecule has 2 rings (SSSR count). The molecule has 1 atom stereocenters. The molecule has 0 aromatic heterocycles. The predicted octanol–water partition coefficient (Wildman–Crippen LogP) is 4.32. The highest BCUT2D eigenvalue weighted by molar-refractivity contribution is 5.43. The van der Waals surface area contributed by atoms with Crippen molar-refractivity contribution in [1.82, 2.24) is 5.32 Å². The van der Waals surface area contributed by atoms with E-state index < -0.39 is 0 Å². The van der Waals surface area contributed by atoms with Crippen LogP contribution in [0.3, 0.4) is 0 Å². The molecule has 0 radical (unpaired) electrons. The lowest BCUT2D eigenvalue weighted by Gasteiger charge is -2.38. The van der Waals surface area contributed by atoms with Crippen molar-refractivity contribution in [2.75, 3.05) is 20.8 Å². The third-order valence-electron chi connectivity index (χ3n) is 5.08. The Morgan fingerprint density at radius 1 is 1.14 bits per heavy atom. The number of nitrogens with one attached hydrogen (secondary N) is 1. The maximum atomic E-state index is 5.64. The van der Waals surface area contributed by atoms with Gasteiger partial charge in [0.1, 0.15) is 11.5 Å². The molecule has 1 unspecified atom stereocenters. The minimum Gasteiger partial charge on any atom is -0.497 e. The minimum atomic E-state index is 0.357. The Kier molecular flexibility index (Phi) is 5.51. The molecule has 0 bridgehead atoms. The second kappa shape index (κ2) is 7.17. The smallest absolute Gasteiger partial charge is 0.127 e. The highest BCUT2D eigenvalue weighted by Crippen LogP contribution is 2.51. The maximum Gasteiger partial charge on any atom is 0.127 e. The summed E-state index contributed by atoms with van der Waals surface area (Å²) >= 11 is 0. The molecule has 0 saturated heterocycles. The third-order valence-corrected chi connectivity index (χ3v) is 5.08. The van der Waals surface area contributed by atoms with Crippen LogP contribution in [0.5, 0.6) is 11.5 Å². The fraction of sp³-hybridized carbons (Fsp3) is 0.667. The normalized spacial score (nSPS) is 18.5. The van der Waals surface area contributed by atoms with Gasteiger partial charge in [-0.05, 0) is 37.3 Å². The Balaban J connectivity index is 2.42. The summed E-state index contributed by atoms with van der Waals surface area (Å²) in [7, 11) is 3.44. The molecule has 1 saturated carbocycles. The highest BCUT2D eigenvalue weighted by Gasteiger charge is 2.41. The molecule has 21 heavy (non-hydrogen) atoms. The van der Waals surface area contributed by atoms with E-state index in [1.165, 1.54) is 37.7 Å². The van der Waals surface area contributed by atoms with Crippen LogP contribution in [-0.2, 0) is 0 Å². The van der Waals surface area contributed by atoms with Crippen molar-refractivity contribution in [3.8, 4) is 11.5 Å². The standard InChI is InChI=1S/C18H29NO2/c1-5-18(11-7-8-12-18)17(19-6-2)15-10-9-14(20-3)13-16(15)21-4/h9-10,13,17,19H,5-8,11-12H2,1-4H3. The summed E-state index contributed by atoms with van der Waals surface area (Å²) in [5.74, 6) is 1.78. The second-order valence-corrected chi connectivity index (χ2v) is 6.02. The summed E-state index contributed by atoms with van der Waals surface area (Å²) in [6.07, 6.45) is 6.49. The number of rotatable bonds is 7. The Morgan fingerprint density at radius 3 is 2.38 bits per heavy atom. The van der Waals surface area contributed by atoms with E-state index in [2.05, 4.69) is 25.2 Å². The first kappa shape index (κ1) is 16.2. The molecule has 3 nitrogen and oxygen atoms in total. The fourth-order valence-corrected chi connectivity index (χ4v) is 3.84. The molecule has 1 fully saturated rings. The summed E-state index contributed by atoms with van der Waals surface area (Å²) < 4.78 is 11.0. The van der Waals surface area contributed by atoms with E-state index in [1.54, 1.807) is 14.2 Å². The first-order chi connectivity index (χ1) is 10.2. The van der Waals surface area contributed by atoms with Crippen LogP contribution in [0.4, 0.5) is 0 Å². The van der Waals surface area contributed by atoms with E-state index in [1.807, 2.05) is 12.1 Å². The van der Waals surface area contributed by atoms with Crippen molar-refractivity contribution < 1.29 is 9.47 Å². The zero-order valence-electron chi connectivity index (χ0n) is 13.9. The average Bonchev–Trinajstić information content (AvgIpc) is 3.02. The van der Waals surface area contributed by atoms with Gasteiger partial charge in [-0.25, -0.2) is 0 Å². The Bertz CT molecular complexity index is 453. The van der Waals surface area contributed by atoms with Crippen LogP contribution in [0.25, 0.3) is 0 Å². The largest absolute Gasteiger partial charge is 0.497 e. The van der Waals surface area contributed by atoms with Gasteiger partial charge in [0.05, 0.1) is 14.2 Å². The van der Waals surface area contributed by atoms with Crippen molar-refractivity contribution in [2.45, 2.75) is 52.0 Å². The quantitative estimate of drug-likeness (QED) is 0.811. The number of methoxy groups -OCH3 is 2. The molecule has 0 heterocycles. The maximum absolute atomic E-state index is 5.64. The topological polar surface area (TPSA) is 30.5 Å². The average molecular weight is 291 g/mol. The predicted molar refractivity (Wildman–Crippen MR) is 87.2 cm³/mol. The van der Waals surface area contributed by atoms with Crippen molar-refractivity contribution in [3.05, 3.63) is 23.8 Å². The second-order valence-electron chi connectivity index (χ2n) is 6.02. The van der Waals surface area contributed by atoms with Crippen molar-refractivity contribution in [3.63, 3.8) is 0 Å². The van der Waals surface area contributed by atoms with Gasteiger partial charge in [-0.1, -0.05) is 32.8 Å². The summed E-state index contributed by atoms with van der Waals surface area (Å²) in [5, 5.41) is 3.72. The van der Waals surface area contributed by atoms with Crippen LogP contribution in [-0.4, -0.2) is 20.8 Å². The lowest BCUT2D eigenvalue weighted by atomic mass is 9.73. The van der Waals surface area contributed by atoms with Gasteiger partial charge in [-0.15, -0.1) is 0 Å². The van der Waals surface area contributed by atoms with Crippen LogP contribution >= 0.6 is 0 Å². The zero-order valence-corrected chi connectivity index (χ0v) is 13.9.